The number of fused-ring (bicyclic) bond motifs is 12. The summed E-state index contributed by atoms with van der Waals surface area (Å²) in [6.45, 7) is 0. The van der Waals surface area contributed by atoms with Crippen LogP contribution in [-0.2, 0) is 5.41 Å². The van der Waals surface area contributed by atoms with E-state index in [9.17, 15) is 0 Å². The van der Waals surface area contributed by atoms with Crippen LogP contribution in [0.25, 0.3) is 89.5 Å². The Morgan fingerprint density at radius 2 is 0.607 bits per heavy atom. The lowest BCUT2D eigenvalue weighted by Crippen LogP contribution is -2.29. The van der Waals surface area contributed by atoms with Crippen LogP contribution >= 0.6 is 0 Å². The maximum atomic E-state index is 5.40. The van der Waals surface area contributed by atoms with Crippen molar-refractivity contribution in [2.45, 2.75) is 5.41 Å². The second-order valence-electron chi connectivity index (χ2n) is 16.0. The molecular weight excluding hydrogens is 737 g/mol. The first-order chi connectivity index (χ1) is 30.2. The standard InChI is InChI=1S/C59H38N2/c1-3-16-39(17-4-1)41-30-32-42(33-31-41)58-60-56(44-21-15-20-43(36-44)40-18-5-2-6-19-40)38-57(61-58)45-34-35-55-51(37-45)47-23-8-7-22-46(47)48-24-9-12-27-52(48)59(55)53-28-13-10-25-49(53)50-26-11-14-29-54(50)59/h1-38H. The van der Waals surface area contributed by atoms with Crippen molar-refractivity contribution in [3.8, 4) is 89.5 Å². The molecule has 0 saturated heterocycles. The van der Waals surface area contributed by atoms with E-state index >= 15 is 0 Å². The van der Waals surface area contributed by atoms with E-state index in [2.05, 4.69) is 231 Å². The van der Waals surface area contributed by atoms with E-state index in [0.29, 0.717) is 5.82 Å². The van der Waals surface area contributed by atoms with Crippen LogP contribution in [0, 0.1) is 0 Å². The van der Waals surface area contributed by atoms with E-state index < -0.39 is 5.41 Å². The third-order valence-electron chi connectivity index (χ3n) is 12.8. The van der Waals surface area contributed by atoms with Crippen LogP contribution in [0.3, 0.4) is 0 Å². The SMILES string of the molecule is c1ccc(-c2ccc(-c3nc(-c4cccc(-c5ccccc5)c4)cc(-c4ccc5c(c4)-c4ccccc4-c4ccccc4C54c5ccccc5-c5ccccc54)n3)cc2)cc1. The van der Waals surface area contributed by atoms with Gasteiger partial charge in [-0.3, -0.25) is 0 Å². The molecular formula is C59H38N2. The summed E-state index contributed by atoms with van der Waals surface area (Å²) in [5.74, 6) is 0.690. The molecule has 0 unspecified atom stereocenters. The second-order valence-corrected chi connectivity index (χ2v) is 16.0. The minimum Gasteiger partial charge on any atom is -0.228 e. The van der Waals surface area contributed by atoms with Crippen LogP contribution in [0.2, 0.25) is 0 Å². The van der Waals surface area contributed by atoms with Gasteiger partial charge in [0.05, 0.1) is 16.8 Å². The fourth-order valence-electron chi connectivity index (χ4n) is 10.0. The Morgan fingerprint density at radius 3 is 1.20 bits per heavy atom. The summed E-state index contributed by atoms with van der Waals surface area (Å²) in [7, 11) is 0. The van der Waals surface area contributed by atoms with Gasteiger partial charge in [0.15, 0.2) is 5.82 Å². The van der Waals surface area contributed by atoms with Gasteiger partial charge < -0.3 is 0 Å². The summed E-state index contributed by atoms with van der Waals surface area (Å²) >= 11 is 0. The number of nitrogens with zero attached hydrogens (tertiary/aromatic N) is 2. The fourth-order valence-corrected chi connectivity index (χ4v) is 10.0. The number of hydrogen-bond acceptors (Lipinski definition) is 2. The summed E-state index contributed by atoms with van der Waals surface area (Å²) in [5, 5.41) is 0. The van der Waals surface area contributed by atoms with Gasteiger partial charge in [-0.2, -0.15) is 0 Å². The fraction of sp³-hybridized carbons (Fsp3) is 0.0169. The molecule has 0 radical (unpaired) electrons. The summed E-state index contributed by atoms with van der Waals surface area (Å²) in [6.07, 6.45) is 0. The molecule has 2 heteroatoms. The highest BCUT2D eigenvalue weighted by Gasteiger charge is 2.49. The molecule has 1 heterocycles. The Balaban J connectivity index is 1.10. The molecule has 0 aliphatic heterocycles. The number of rotatable bonds is 5. The monoisotopic (exact) mass is 774 g/mol. The van der Waals surface area contributed by atoms with Gasteiger partial charge in [0.1, 0.15) is 0 Å². The topological polar surface area (TPSA) is 25.8 Å². The van der Waals surface area contributed by atoms with Gasteiger partial charge >= 0.3 is 0 Å². The number of aromatic nitrogens is 2. The van der Waals surface area contributed by atoms with Crippen molar-refractivity contribution >= 4 is 0 Å². The van der Waals surface area contributed by atoms with Crippen molar-refractivity contribution in [2.75, 3.05) is 0 Å². The highest BCUT2D eigenvalue weighted by Crippen LogP contribution is 2.61. The van der Waals surface area contributed by atoms with Crippen molar-refractivity contribution in [1.82, 2.24) is 9.97 Å². The first-order valence-corrected chi connectivity index (χ1v) is 21.0. The molecule has 0 saturated carbocycles. The molecule has 0 atom stereocenters. The van der Waals surface area contributed by atoms with Crippen molar-refractivity contribution < 1.29 is 0 Å². The molecule has 61 heavy (non-hydrogen) atoms. The molecule has 2 aliphatic rings. The lowest BCUT2D eigenvalue weighted by atomic mass is 9.66. The highest BCUT2D eigenvalue weighted by atomic mass is 14.9. The van der Waals surface area contributed by atoms with Crippen LogP contribution < -0.4 is 0 Å². The van der Waals surface area contributed by atoms with Gasteiger partial charge in [0.2, 0.25) is 0 Å². The first-order valence-electron chi connectivity index (χ1n) is 21.0. The molecule has 0 N–H and O–H groups in total. The van der Waals surface area contributed by atoms with Crippen molar-refractivity contribution in [1.29, 1.82) is 0 Å². The predicted octanol–water partition coefficient (Wildman–Crippen LogP) is 14.8. The van der Waals surface area contributed by atoms with Crippen molar-refractivity contribution in [3.05, 3.63) is 253 Å². The smallest absolute Gasteiger partial charge is 0.160 e. The Labute approximate surface area is 356 Å². The van der Waals surface area contributed by atoms with Gasteiger partial charge in [-0.25, -0.2) is 9.97 Å². The zero-order valence-electron chi connectivity index (χ0n) is 33.3. The van der Waals surface area contributed by atoms with Gasteiger partial charge in [0, 0.05) is 16.7 Å². The highest BCUT2D eigenvalue weighted by molar-refractivity contribution is 5.98. The second kappa shape index (κ2) is 14.1. The summed E-state index contributed by atoms with van der Waals surface area (Å²) in [4.78, 5) is 10.7. The normalized spacial score (nSPS) is 12.7. The van der Waals surface area contributed by atoms with Crippen LogP contribution in [0.1, 0.15) is 22.3 Å². The van der Waals surface area contributed by atoms with Gasteiger partial charge in [-0.05, 0) is 96.1 Å². The van der Waals surface area contributed by atoms with Gasteiger partial charge in [0.25, 0.3) is 0 Å². The Bertz CT molecular complexity index is 3250. The lowest BCUT2D eigenvalue weighted by Gasteiger charge is -2.35. The average Bonchev–Trinajstić information content (AvgIpc) is 3.59. The summed E-state index contributed by atoms with van der Waals surface area (Å²) < 4.78 is 0. The van der Waals surface area contributed by atoms with Crippen molar-refractivity contribution in [3.63, 3.8) is 0 Å². The molecule has 284 valence electrons. The molecule has 10 aromatic rings. The summed E-state index contributed by atoms with van der Waals surface area (Å²) in [6, 6.07) is 83.6. The van der Waals surface area contributed by atoms with E-state index in [-0.39, 0.29) is 0 Å². The lowest BCUT2D eigenvalue weighted by molar-refractivity contribution is 0.775. The number of benzene rings is 9. The molecule has 0 fully saturated rings. The largest absolute Gasteiger partial charge is 0.228 e. The van der Waals surface area contributed by atoms with Crippen LogP contribution in [0.15, 0.2) is 231 Å². The minimum absolute atomic E-state index is 0.531. The molecule has 2 nitrogen and oxygen atoms in total. The molecule has 1 aromatic heterocycles. The van der Waals surface area contributed by atoms with E-state index in [4.69, 9.17) is 9.97 Å². The minimum atomic E-state index is -0.531. The number of hydrogen-bond donors (Lipinski definition) is 0. The summed E-state index contributed by atoms with van der Waals surface area (Å²) in [5.41, 5.74) is 21.6. The quantitative estimate of drug-likeness (QED) is 0.174. The van der Waals surface area contributed by atoms with Crippen LogP contribution in [-0.4, -0.2) is 9.97 Å². The third-order valence-corrected chi connectivity index (χ3v) is 12.8. The Morgan fingerprint density at radius 1 is 0.230 bits per heavy atom. The molecule has 1 spiro atoms. The molecule has 12 rings (SSSR count). The maximum absolute atomic E-state index is 5.40. The Kier molecular flexibility index (Phi) is 8.11. The van der Waals surface area contributed by atoms with Gasteiger partial charge in [-0.15, -0.1) is 0 Å². The first kappa shape index (κ1) is 35.0. The van der Waals surface area contributed by atoms with Crippen LogP contribution in [0.5, 0.6) is 0 Å². The maximum Gasteiger partial charge on any atom is 0.160 e. The van der Waals surface area contributed by atoms with Crippen LogP contribution in [0.4, 0.5) is 0 Å². The average molecular weight is 775 g/mol. The molecule has 0 amide bonds. The van der Waals surface area contributed by atoms with E-state index in [1.807, 2.05) is 0 Å². The molecule has 0 bridgehead atoms. The third kappa shape index (κ3) is 5.57. The molecule has 2 aliphatic carbocycles. The van der Waals surface area contributed by atoms with E-state index in [1.165, 1.54) is 66.8 Å². The Hall–Kier alpha value is -7.94. The van der Waals surface area contributed by atoms with E-state index in [0.717, 1.165) is 39.2 Å². The van der Waals surface area contributed by atoms with Gasteiger partial charge in [-0.1, -0.05) is 212 Å². The predicted molar refractivity (Wildman–Crippen MR) is 251 cm³/mol. The zero-order valence-corrected chi connectivity index (χ0v) is 33.3. The van der Waals surface area contributed by atoms with E-state index in [1.54, 1.807) is 0 Å². The molecule has 9 aromatic carbocycles. The zero-order chi connectivity index (χ0) is 40.3. The van der Waals surface area contributed by atoms with Crippen molar-refractivity contribution in [2.24, 2.45) is 0 Å².